The van der Waals surface area contributed by atoms with Crippen molar-refractivity contribution >= 4 is 0 Å². The van der Waals surface area contributed by atoms with Gasteiger partial charge in [0.05, 0.1) is 0 Å². The van der Waals surface area contributed by atoms with Crippen LogP contribution in [-0.2, 0) is 6.54 Å². The van der Waals surface area contributed by atoms with Gasteiger partial charge in [-0.25, -0.2) is 13.2 Å². The fraction of sp³-hybridized carbons (Fsp3) is 0.0769. The predicted molar refractivity (Wildman–Crippen MR) is 59.6 cm³/mol. The Kier molecular flexibility index (Phi) is 3.15. The largest absolute Gasteiger partial charge is 0.326 e. The van der Waals surface area contributed by atoms with Crippen LogP contribution in [-0.4, -0.2) is 0 Å². The average molecular weight is 237 g/mol. The molecular weight excluding hydrogens is 227 g/mol. The zero-order valence-electron chi connectivity index (χ0n) is 8.88. The van der Waals surface area contributed by atoms with Crippen LogP contribution in [0.2, 0.25) is 0 Å². The Morgan fingerprint density at radius 3 is 2.29 bits per heavy atom. The van der Waals surface area contributed by atoms with Crippen molar-refractivity contribution in [1.29, 1.82) is 0 Å². The summed E-state index contributed by atoms with van der Waals surface area (Å²) in [7, 11) is 0. The third-order valence-electron chi connectivity index (χ3n) is 2.51. The second kappa shape index (κ2) is 4.59. The van der Waals surface area contributed by atoms with Crippen molar-refractivity contribution in [2.45, 2.75) is 6.54 Å². The summed E-state index contributed by atoms with van der Waals surface area (Å²) >= 11 is 0. The van der Waals surface area contributed by atoms with Gasteiger partial charge in [0, 0.05) is 17.7 Å². The summed E-state index contributed by atoms with van der Waals surface area (Å²) in [6.07, 6.45) is 0. The Morgan fingerprint density at radius 1 is 0.882 bits per heavy atom. The Hall–Kier alpha value is -1.81. The van der Waals surface area contributed by atoms with Gasteiger partial charge in [-0.05, 0) is 29.8 Å². The molecule has 0 saturated carbocycles. The first-order chi connectivity index (χ1) is 8.11. The number of rotatable bonds is 2. The maximum absolute atomic E-state index is 13.5. The summed E-state index contributed by atoms with van der Waals surface area (Å²) in [5.41, 5.74) is 5.98. The minimum atomic E-state index is -0.591. The molecule has 2 aromatic carbocycles. The minimum absolute atomic E-state index is 0.0347. The van der Waals surface area contributed by atoms with Gasteiger partial charge in [-0.2, -0.15) is 0 Å². The number of halogens is 3. The van der Waals surface area contributed by atoms with E-state index in [9.17, 15) is 13.2 Å². The highest BCUT2D eigenvalue weighted by Crippen LogP contribution is 2.25. The molecule has 4 heteroatoms. The molecule has 0 aliphatic carbocycles. The van der Waals surface area contributed by atoms with Crippen LogP contribution in [0.4, 0.5) is 13.2 Å². The van der Waals surface area contributed by atoms with E-state index in [1.807, 2.05) is 0 Å². The van der Waals surface area contributed by atoms with Gasteiger partial charge in [-0.3, -0.25) is 0 Å². The van der Waals surface area contributed by atoms with Gasteiger partial charge in [-0.15, -0.1) is 0 Å². The second-order valence-electron chi connectivity index (χ2n) is 3.63. The second-order valence-corrected chi connectivity index (χ2v) is 3.63. The van der Waals surface area contributed by atoms with E-state index in [4.69, 9.17) is 5.73 Å². The highest BCUT2D eigenvalue weighted by atomic mass is 19.1. The van der Waals surface area contributed by atoms with E-state index < -0.39 is 17.5 Å². The van der Waals surface area contributed by atoms with Crippen LogP contribution in [0.1, 0.15) is 5.56 Å². The van der Waals surface area contributed by atoms with E-state index in [-0.39, 0.29) is 17.7 Å². The quantitative estimate of drug-likeness (QED) is 0.852. The standard InChI is InChI=1S/C13H10F3N/c14-10-3-4-12(15)11(6-10)8-1-2-9(7-17)13(16)5-8/h1-6H,7,17H2. The number of hydrogen-bond donors (Lipinski definition) is 1. The normalized spacial score (nSPS) is 10.6. The molecule has 1 nitrogen and oxygen atoms in total. The van der Waals surface area contributed by atoms with Crippen LogP contribution < -0.4 is 5.73 Å². The van der Waals surface area contributed by atoms with E-state index in [1.54, 1.807) is 0 Å². The summed E-state index contributed by atoms with van der Waals surface area (Å²) < 4.78 is 39.9. The molecule has 2 aromatic rings. The predicted octanol–water partition coefficient (Wildman–Crippen LogP) is 3.23. The molecule has 0 spiro atoms. The summed E-state index contributed by atoms with van der Waals surface area (Å²) in [6, 6.07) is 7.20. The zero-order chi connectivity index (χ0) is 12.4. The molecule has 2 N–H and O–H groups in total. The lowest BCUT2D eigenvalue weighted by molar-refractivity contribution is 0.601. The average Bonchev–Trinajstić information content (AvgIpc) is 2.32. The first kappa shape index (κ1) is 11.7. The van der Waals surface area contributed by atoms with Crippen molar-refractivity contribution in [1.82, 2.24) is 0 Å². The lowest BCUT2D eigenvalue weighted by Crippen LogP contribution is -1.99. The van der Waals surface area contributed by atoms with Crippen LogP contribution in [0.25, 0.3) is 11.1 Å². The lowest BCUT2D eigenvalue weighted by atomic mass is 10.0. The van der Waals surface area contributed by atoms with Gasteiger partial charge < -0.3 is 5.73 Å². The molecule has 0 unspecified atom stereocenters. The van der Waals surface area contributed by atoms with Gasteiger partial charge in [0.2, 0.25) is 0 Å². The summed E-state index contributed by atoms with van der Waals surface area (Å²) in [5, 5.41) is 0. The van der Waals surface area contributed by atoms with E-state index >= 15 is 0 Å². The molecule has 0 aliphatic heterocycles. The van der Waals surface area contributed by atoms with E-state index in [2.05, 4.69) is 0 Å². The molecule has 0 fully saturated rings. The monoisotopic (exact) mass is 237 g/mol. The molecule has 17 heavy (non-hydrogen) atoms. The van der Waals surface area contributed by atoms with Gasteiger partial charge in [0.25, 0.3) is 0 Å². The fourth-order valence-electron chi connectivity index (χ4n) is 1.60. The maximum atomic E-state index is 13.5. The van der Waals surface area contributed by atoms with Crippen LogP contribution in [0.5, 0.6) is 0 Å². The van der Waals surface area contributed by atoms with Crippen molar-refractivity contribution in [2.75, 3.05) is 0 Å². The Morgan fingerprint density at radius 2 is 1.65 bits per heavy atom. The van der Waals surface area contributed by atoms with Crippen molar-refractivity contribution in [2.24, 2.45) is 5.73 Å². The van der Waals surface area contributed by atoms with E-state index in [0.29, 0.717) is 5.56 Å². The highest BCUT2D eigenvalue weighted by Gasteiger charge is 2.09. The molecule has 0 aliphatic rings. The van der Waals surface area contributed by atoms with E-state index in [0.717, 1.165) is 24.3 Å². The first-order valence-corrected chi connectivity index (χ1v) is 5.05. The van der Waals surface area contributed by atoms with Crippen molar-refractivity contribution in [3.05, 3.63) is 59.4 Å². The summed E-state index contributed by atoms with van der Waals surface area (Å²) in [5.74, 6) is -1.68. The molecule has 0 aromatic heterocycles. The molecule has 88 valence electrons. The van der Waals surface area contributed by atoms with Crippen molar-refractivity contribution < 1.29 is 13.2 Å². The Balaban J connectivity index is 2.53. The fourth-order valence-corrected chi connectivity index (χ4v) is 1.60. The molecule has 2 rings (SSSR count). The number of hydrogen-bond acceptors (Lipinski definition) is 1. The molecule has 0 saturated heterocycles. The topological polar surface area (TPSA) is 26.0 Å². The summed E-state index contributed by atoms with van der Waals surface area (Å²) in [6.45, 7) is 0.0672. The van der Waals surface area contributed by atoms with Crippen molar-refractivity contribution in [3.8, 4) is 11.1 Å². The lowest BCUT2D eigenvalue weighted by Gasteiger charge is -2.06. The third kappa shape index (κ3) is 2.31. The first-order valence-electron chi connectivity index (χ1n) is 5.05. The SMILES string of the molecule is NCc1ccc(-c2cc(F)ccc2F)cc1F. The van der Waals surface area contributed by atoms with Crippen LogP contribution >= 0.6 is 0 Å². The molecule has 0 bridgehead atoms. The molecule has 0 amide bonds. The van der Waals surface area contributed by atoms with Gasteiger partial charge in [0.15, 0.2) is 0 Å². The Labute approximate surface area is 96.7 Å². The molecular formula is C13H10F3N. The third-order valence-corrected chi connectivity index (χ3v) is 2.51. The van der Waals surface area contributed by atoms with Crippen LogP contribution in [0.15, 0.2) is 36.4 Å². The smallest absolute Gasteiger partial charge is 0.131 e. The van der Waals surface area contributed by atoms with Gasteiger partial charge >= 0.3 is 0 Å². The number of nitrogens with two attached hydrogens (primary N) is 1. The van der Waals surface area contributed by atoms with Crippen LogP contribution in [0.3, 0.4) is 0 Å². The highest BCUT2D eigenvalue weighted by molar-refractivity contribution is 5.64. The Bertz CT molecular complexity index is 552. The van der Waals surface area contributed by atoms with Gasteiger partial charge in [-0.1, -0.05) is 12.1 Å². The van der Waals surface area contributed by atoms with E-state index in [1.165, 1.54) is 12.1 Å². The maximum Gasteiger partial charge on any atom is 0.131 e. The minimum Gasteiger partial charge on any atom is -0.326 e. The summed E-state index contributed by atoms with van der Waals surface area (Å²) in [4.78, 5) is 0. The molecule has 0 radical (unpaired) electrons. The van der Waals surface area contributed by atoms with Gasteiger partial charge in [0.1, 0.15) is 17.5 Å². The molecule has 0 heterocycles. The molecule has 0 atom stereocenters. The zero-order valence-corrected chi connectivity index (χ0v) is 8.88. The van der Waals surface area contributed by atoms with Crippen molar-refractivity contribution in [3.63, 3.8) is 0 Å². The van der Waals surface area contributed by atoms with Crippen LogP contribution in [0, 0.1) is 17.5 Å². The number of benzene rings is 2.